The van der Waals surface area contributed by atoms with Gasteiger partial charge in [0, 0.05) is 20.7 Å². The maximum Gasteiger partial charge on any atom is 0.325 e. The number of nitrogens with zero attached hydrogens (tertiary/aromatic N) is 1. The van der Waals surface area contributed by atoms with Crippen LogP contribution in [0.15, 0.2) is 0 Å². The van der Waals surface area contributed by atoms with E-state index in [1.54, 1.807) is 21.1 Å². The maximum absolute atomic E-state index is 11.3. The highest BCUT2D eigenvalue weighted by atomic mass is 16.5. The summed E-state index contributed by atoms with van der Waals surface area (Å²) in [6.45, 7) is 2.86. The number of hydrogen-bond acceptors (Lipinski definition) is 4. The summed E-state index contributed by atoms with van der Waals surface area (Å²) in [6, 6.07) is -0.319. The minimum atomic E-state index is -0.439. The van der Waals surface area contributed by atoms with Crippen LogP contribution in [0.4, 0.5) is 4.79 Å². The Morgan fingerprint density at radius 3 is 2.60 bits per heavy atom. The van der Waals surface area contributed by atoms with Crippen molar-refractivity contribution in [2.75, 3.05) is 40.5 Å². The van der Waals surface area contributed by atoms with Gasteiger partial charge in [-0.25, -0.2) is 4.79 Å². The van der Waals surface area contributed by atoms with E-state index in [4.69, 9.17) is 4.74 Å². The first-order valence-electron chi connectivity index (χ1n) is 4.75. The van der Waals surface area contributed by atoms with Crippen molar-refractivity contribution in [3.05, 3.63) is 0 Å². The molecular weight excluding hydrogens is 200 g/mol. The third-order valence-electron chi connectivity index (χ3n) is 1.67. The van der Waals surface area contributed by atoms with E-state index in [-0.39, 0.29) is 12.6 Å². The quantitative estimate of drug-likeness (QED) is 0.629. The molecule has 0 saturated heterocycles. The summed E-state index contributed by atoms with van der Waals surface area (Å²) in [4.78, 5) is 23.6. The zero-order valence-electron chi connectivity index (χ0n) is 9.41. The SMILES string of the molecule is CCOC(=O)CNC(=O)N(C)CCOC. The van der Waals surface area contributed by atoms with Gasteiger partial charge in [0.05, 0.1) is 13.2 Å². The molecule has 0 aliphatic heterocycles. The van der Waals surface area contributed by atoms with Gasteiger partial charge in [0.1, 0.15) is 6.54 Å². The van der Waals surface area contributed by atoms with Crippen LogP contribution in [-0.4, -0.2) is 57.4 Å². The molecule has 0 aliphatic carbocycles. The maximum atomic E-state index is 11.3. The standard InChI is InChI=1S/C9H18N2O4/c1-4-15-8(12)7-10-9(13)11(2)5-6-14-3/h4-7H2,1-3H3,(H,10,13). The lowest BCUT2D eigenvalue weighted by Gasteiger charge is -2.16. The average Bonchev–Trinajstić information content (AvgIpc) is 2.22. The monoisotopic (exact) mass is 218 g/mol. The Balaban J connectivity index is 3.68. The fourth-order valence-electron chi connectivity index (χ4n) is 0.825. The predicted octanol–water partition coefficient (Wildman–Crippen LogP) is -0.163. The van der Waals surface area contributed by atoms with Crippen LogP contribution in [0.25, 0.3) is 0 Å². The van der Waals surface area contributed by atoms with Gasteiger partial charge in [-0.3, -0.25) is 4.79 Å². The predicted molar refractivity (Wildman–Crippen MR) is 54.5 cm³/mol. The van der Waals surface area contributed by atoms with E-state index in [2.05, 4.69) is 10.1 Å². The van der Waals surface area contributed by atoms with E-state index in [0.717, 1.165) is 0 Å². The Morgan fingerprint density at radius 2 is 2.07 bits per heavy atom. The van der Waals surface area contributed by atoms with E-state index in [1.807, 2.05) is 0 Å². The Bertz CT molecular complexity index is 208. The number of carbonyl (C=O) groups is 2. The van der Waals surface area contributed by atoms with Crippen molar-refractivity contribution in [3.63, 3.8) is 0 Å². The molecule has 2 amide bonds. The number of amides is 2. The van der Waals surface area contributed by atoms with Gasteiger partial charge in [0.25, 0.3) is 0 Å². The summed E-state index contributed by atoms with van der Waals surface area (Å²) >= 11 is 0. The Morgan fingerprint density at radius 1 is 1.40 bits per heavy atom. The molecule has 0 aromatic rings. The molecule has 0 fully saturated rings. The highest BCUT2D eigenvalue weighted by molar-refractivity contribution is 5.80. The smallest absolute Gasteiger partial charge is 0.325 e. The molecule has 0 bridgehead atoms. The fraction of sp³-hybridized carbons (Fsp3) is 0.778. The average molecular weight is 218 g/mol. The van der Waals surface area contributed by atoms with Gasteiger partial charge in [-0.05, 0) is 6.92 Å². The number of carbonyl (C=O) groups excluding carboxylic acids is 2. The number of esters is 1. The molecule has 0 rings (SSSR count). The first-order valence-corrected chi connectivity index (χ1v) is 4.75. The topological polar surface area (TPSA) is 67.9 Å². The van der Waals surface area contributed by atoms with E-state index < -0.39 is 5.97 Å². The van der Waals surface area contributed by atoms with Gasteiger partial charge in [-0.15, -0.1) is 0 Å². The van der Waals surface area contributed by atoms with Crippen molar-refractivity contribution in [3.8, 4) is 0 Å². The Hall–Kier alpha value is -1.30. The van der Waals surface area contributed by atoms with Crippen molar-refractivity contribution in [2.24, 2.45) is 0 Å². The van der Waals surface area contributed by atoms with Crippen LogP contribution in [0.3, 0.4) is 0 Å². The molecule has 6 nitrogen and oxygen atoms in total. The van der Waals surface area contributed by atoms with Crippen LogP contribution in [0, 0.1) is 0 Å². The molecule has 6 heteroatoms. The van der Waals surface area contributed by atoms with E-state index in [0.29, 0.717) is 19.8 Å². The second-order valence-electron chi connectivity index (χ2n) is 2.88. The van der Waals surface area contributed by atoms with Crippen molar-refractivity contribution in [2.45, 2.75) is 6.92 Å². The van der Waals surface area contributed by atoms with Crippen LogP contribution >= 0.6 is 0 Å². The van der Waals surface area contributed by atoms with Gasteiger partial charge in [-0.1, -0.05) is 0 Å². The molecule has 0 aromatic carbocycles. The molecule has 0 aliphatic rings. The van der Waals surface area contributed by atoms with Crippen molar-refractivity contribution in [1.29, 1.82) is 0 Å². The van der Waals surface area contributed by atoms with E-state index in [9.17, 15) is 9.59 Å². The summed E-state index contributed by atoms with van der Waals surface area (Å²) in [6.07, 6.45) is 0. The number of likely N-dealkylation sites (N-methyl/N-ethyl adjacent to an activating group) is 1. The summed E-state index contributed by atoms with van der Waals surface area (Å²) in [5.74, 6) is -0.439. The minimum Gasteiger partial charge on any atom is -0.465 e. The zero-order valence-corrected chi connectivity index (χ0v) is 9.41. The molecule has 0 unspecified atom stereocenters. The number of urea groups is 1. The molecule has 0 spiro atoms. The molecule has 0 heterocycles. The number of ether oxygens (including phenoxy) is 2. The Kier molecular flexibility index (Phi) is 7.35. The minimum absolute atomic E-state index is 0.107. The van der Waals surface area contributed by atoms with Gasteiger partial charge >= 0.3 is 12.0 Å². The van der Waals surface area contributed by atoms with Crippen molar-refractivity contribution >= 4 is 12.0 Å². The van der Waals surface area contributed by atoms with E-state index >= 15 is 0 Å². The van der Waals surface area contributed by atoms with Crippen LogP contribution in [0.2, 0.25) is 0 Å². The second-order valence-corrected chi connectivity index (χ2v) is 2.88. The highest BCUT2D eigenvalue weighted by Crippen LogP contribution is 1.84. The van der Waals surface area contributed by atoms with Crippen molar-refractivity contribution < 1.29 is 19.1 Å². The van der Waals surface area contributed by atoms with Crippen LogP contribution in [0.1, 0.15) is 6.92 Å². The summed E-state index contributed by atoms with van der Waals surface area (Å²) in [7, 11) is 3.18. The number of nitrogens with one attached hydrogen (secondary N) is 1. The first-order chi connectivity index (χ1) is 7.11. The molecule has 0 aromatic heterocycles. The van der Waals surface area contributed by atoms with Crippen LogP contribution < -0.4 is 5.32 Å². The molecule has 0 atom stereocenters. The molecule has 88 valence electrons. The third-order valence-corrected chi connectivity index (χ3v) is 1.67. The molecular formula is C9H18N2O4. The summed E-state index contributed by atoms with van der Waals surface area (Å²) < 4.78 is 9.47. The Labute approximate surface area is 89.5 Å². The molecule has 0 radical (unpaired) electrons. The lowest BCUT2D eigenvalue weighted by atomic mass is 10.6. The van der Waals surface area contributed by atoms with Gasteiger partial charge in [0.15, 0.2) is 0 Å². The summed E-state index contributed by atoms with van der Waals surface area (Å²) in [5, 5.41) is 2.43. The van der Waals surface area contributed by atoms with Crippen LogP contribution in [-0.2, 0) is 14.3 Å². The molecule has 1 N–H and O–H groups in total. The van der Waals surface area contributed by atoms with Crippen LogP contribution in [0.5, 0.6) is 0 Å². The summed E-state index contributed by atoms with van der Waals surface area (Å²) in [5.41, 5.74) is 0. The lowest BCUT2D eigenvalue weighted by Crippen LogP contribution is -2.41. The number of methoxy groups -OCH3 is 1. The normalized spacial score (nSPS) is 9.53. The lowest BCUT2D eigenvalue weighted by molar-refractivity contribution is -0.141. The molecule has 15 heavy (non-hydrogen) atoms. The van der Waals surface area contributed by atoms with Crippen molar-refractivity contribution in [1.82, 2.24) is 10.2 Å². The fourth-order valence-corrected chi connectivity index (χ4v) is 0.825. The second kappa shape index (κ2) is 8.05. The van der Waals surface area contributed by atoms with Gasteiger partial charge in [0.2, 0.25) is 0 Å². The highest BCUT2D eigenvalue weighted by Gasteiger charge is 2.09. The largest absolute Gasteiger partial charge is 0.465 e. The van der Waals surface area contributed by atoms with E-state index in [1.165, 1.54) is 4.90 Å². The number of rotatable bonds is 6. The van der Waals surface area contributed by atoms with Gasteiger partial charge in [-0.2, -0.15) is 0 Å². The third kappa shape index (κ3) is 6.73. The van der Waals surface area contributed by atoms with Gasteiger partial charge < -0.3 is 19.7 Å². The molecule has 0 saturated carbocycles. The number of hydrogen-bond donors (Lipinski definition) is 1. The first kappa shape index (κ1) is 13.7. The zero-order chi connectivity index (χ0) is 11.7.